The second-order valence-electron chi connectivity index (χ2n) is 6.84. The molecule has 0 radical (unpaired) electrons. The number of benzene rings is 4. The highest BCUT2D eigenvalue weighted by Crippen LogP contribution is 2.49. The first-order chi connectivity index (χ1) is 13.8. The van der Waals surface area contributed by atoms with Crippen LogP contribution in [0.1, 0.15) is 18.5 Å². The van der Waals surface area contributed by atoms with Gasteiger partial charge in [0.05, 0.1) is 13.1 Å². The molecule has 0 aliphatic carbocycles. The molecular formula is C26H24NP. The lowest BCUT2D eigenvalue weighted by Gasteiger charge is -2.28. The quantitative estimate of drug-likeness (QED) is 0.380. The Bertz CT molecular complexity index is 955. The van der Waals surface area contributed by atoms with Crippen molar-refractivity contribution in [2.45, 2.75) is 13.0 Å². The molecule has 138 valence electrons. The second-order valence-corrected chi connectivity index (χ2v) is 9.90. The molecule has 0 heterocycles. The maximum Gasteiger partial charge on any atom is 0.0717 e. The zero-order valence-corrected chi connectivity index (χ0v) is 16.9. The van der Waals surface area contributed by atoms with Crippen molar-refractivity contribution in [1.82, 2.24) is 0 Å². The van der Waals surface area contributed by atoms with Gasteiger partial charge < -0.3 is 0 Å². The van der Waals surface area contributed by atoms with E-state index in [0.29, 0.717) is 0 Å². The van der Waals surface area contributed by atoms with E-state index in [1.54, 1.807) is 0 Å². The number of hydrogen-bond acceptors (Lipinski definition) is 1. The Morgan fingerprint density at radius 1 is 0.500 bits per heavy atom. The summed E-state index contributed by atoms with van der Waals surface area (Å²) in [5.41, 5.74) is 1.25. The lowest BCUT2D eigenvalue weighted by atomic mass is 10.1. The number of nitrogens with zero attached hydrogens (tertiary/aromatic N) is 1. The Hall–Kier alpha value is -2.89. The molecule has 1 nitrogen and oxygen atoms in total. The van der Waals surface area contributed by atoms with Gasteiger partial charge in [-0.05, 0) is 12.5 Å². The van der Waals surface area contributed by atoms with Crippen molar-refractivity contribution >= 4 is 23.0 Å². The SMILES string of the molecule is C[C@H](N=P(c1ccccc1)(c1ccccc1)c1ccccc1)c1ccccc1. The van der Waals surface area contributed by atoms with Gasteiger partial charge in [0.1, 0.15) is 0 Å². The lowest BCUT2D eigenvalue weighted by molar-refractivity contribution is 0.832. The van der Waals surface area contributed by atoms with Gasteiger partial charge in [0.15, 0.2) is 0 Å². The van der Waals surface area contributed by atoms with Crippen LogP contribution in [0.25, 0.3) is 0 Å². The summed E-state index contributed by atoms with van der Waals surface area (Å²) < 4.78 is 5.60. The first kappa shape index (κ1) is 18.5. The van der Waals surface area contributed by atoms with Gasteiger partial charge in [-0.25, -0.2) is 0 Å². The second kappa shape index (κ2) is 8.42. The molecular weight excluding hydrogens is 357 g/mol. The van der Waals surface area contributed by atoms with E-state index in [9.17, 15) is 0 Å². The molecule has 0 N–H and O–H groups in total. The van der Waals surface area contributed by atoms with Crippen molar-refractivity contribution in [1.29, 1.82) is 0 Å². The van der Waals surface area contributed by atoms with E-state index in [0.717, 1.165) is 0 Å². The summed E-state index contributed by atoms with van der Waals surface area (Å²) in [5, 5.41) is 3.86. The average Bonchev–Trinajstić information content (AvgIpc) is 2.80. The predicted octanol–water partition coefficient (Wildman–Crippen LogP) is 5.93. The van der Waals surface area contributed by atoms with Gasteiger partial charge in [0.25, 0.3) is 0 Å². The van der Waals surface area contributed by atoms with Crippen molar-refractivity contribution in [3.63, 3.8) is 0 Å². The highest BCUT2D eigenvalue weighted by molar-refractivity contribution is 7.87. The van der Waals surface area contributed by atoms with Crippen LogP contribution in [0, 0.1) is 0 Å². The molecule has 0 saturated heterocycles. The van der Waals surface area contributed by atoms with Crippen molar-refractivity contribution < 1.29 is 0 Å². The molecule has 4 aromatic carbocycles. The van der Waals surface area contributed by atoms with Gasteiger partial charge in [-0.15, -0.1) is 0 Å². The van der Waals surface area contributed by atoms with Crippen LogP contribution in [-0.2, 0) is 0 Å². The molecule has 0 bridgehead atoms. The van der Waals surface area contributed by atoms with E-state index >= 15 is 0 Å². The van der Waals surface area contributed by atoms with Crippen LogP contribution in [0.2, 0.25) is 0 Å². The van der Waals surface area contributed by atoms with Gasteiger partial charge in [0, 0.05) is 15.9 Å². The van der Waals surface area contributed by atoms with E-state index in [-0.39, 0.29) is 6.04 Å². The normalized spacial score (nSPS) is 12.3. The highest BCUT2D eigenvalue weighted by Gasteiger charge is 2.28. The van der Waals surface area contributed by atoms with Crippen LogP contribution >= 0.6 is 7.05 Å². The van der Waals surface area contributed by atoms with Crippen LogP contribution < -0.4 is 15.9 Å². The lowest BCUT2D eigenvalue weighted by Crippen LogP contribution is -2.25. The summed E-state index contributed by atoms with van der Waals surface area (Å²) in [6.07, 6.45) is 0. The van der Waals surface area contributed by atoms with Gasteiger partial charge >= 0.3 is 0 Å². The topological polar surface area (TPSA) is 12.4 Å². The molecule has 0 spiro atoms. The zero-order valence-electron chi connectivity index (χ0n) is 16.0. The van der Waals surface area contributed by atoms with Crippen LogP contribution in [-0.4, -0.2) is 0 Å². The Kier molecular flexibility index (Phi) is 5.55. The average molecular weight is 381 g/mol. The fourth-order valence-electron chi connectivity index (χ4n) is 3.64. The molecule has 0 aromatic heterocycles. The summed E-state index contributed by atoms with van der Waals surface area (Å²) in [6, 6.07) is 43.0. The third kappa shape index (κ3) is 3.59. The molecule has 0 amide bonds. The Morgan fingerprint density at radius 2 is 0.821 bits per heavy atom. The van der Waals surface area contributed by atoms with Gasteiger partial charge in [-0.3, -0.25) is 4.74 Å². The third-order valence-corrected chi connectivity index (χ3v) is 8.85. The largest absolute Gasteiger partial charge is 0.282 e. The Morgan fingerprint density at radius 3 is 1.18 bits per heavy atom. The zero-order chi connectivity index (χ0) is 19.2. The minimum absolute atomic E-state index is 0.0927. The molecule has 4 rings (SSSR count). The summed E-state index contributed by atoms with van der Waals surface area (Å²) in [6.45, 7) is 2.21. The standard InChI is InChI=1S/C26H24NP/c1-22(23-14-6-2-7-15-23)27-28(24-16-8-3-9-17-24,25-18-10-4-11-19-25)26-20-12-5-13-21-26/h2-22H,1H3/t22-/m0/s1. The van der Waals surface area contributed by atoms with Crippen molar-refractivity contribution in [3.05, 3.63) is 127 Å². The molecule has 0 saturated carbocycles. The Labute approximate surface area is 167 Å². The molecule has 0 aliphatic heterocycles. The number of rotatable bonds is 5. The molecule has 1 atom stereocenters. The van der Waals surface area contributed by atoms with Crippen LogP contribution in [0.4, 0.5) is 0 Å². The highest BCUT2D eigenvalue weighted by atomic mass is 31.2. The fraction of sp³-hybridized carbons (Fsp3) is 0.0769. The predicted molar refractivity (Wildman–Crippen MR) is 122 cm³/mol. The molecule has 0 fully saturated rings. The first-order valence-electron chi connectivity index (χ1n) is 9.64. The van der Waals surface area contributed by atoms with E-state index in [2.05, 4.69) is 128 Å². The van der Waals surface area contributed by atoms with E-state index in [1.807, 2.05) is 0 Å². The third-order valence-electron chi connectivity index (χ3n) is 5.02. The van der Waals surface area contributed by atoms with Crippen LogP contribution in [0.3, 0.4) is 0 Å². The summed E-state index contributed by atoms with van der Waals surface area (Å²) in [4.78, 5) is 0. The molecule has 0 aliphatic rings. The summed E-state index contributed by atoms with van der Waals surface area (Å²) in [5.74, 6) is 0. The Balaban J connectivity index is 2.06. The molecule has 2 heteroatoms. The summed E-state index contributed by atoms with van der Waals surface area (Å²) in [7, 11) is -2.15. The summed E-state index contributed by atoms with van der Waals surface area (Å²) >= 11 is 0. The van der Waals surface area contributed by atoms with E-state index < -0.39 is 7.05 Å². The first-order valence-corrected chi connectivity index (χ1v) is 11.4. The maximum atomic E-state index is 5.60. The fourth-order valence-corrected chi connectivity index (χ4v) is 7.39. The van der Waals surface area contributed by atoms with Crippen molar-refractivity contribution in [2.24, 2.45) is 4.74 Å². The van der Waals surface area contributed by atoms with Crippen LogP contribution in [0.5, 0.6) is 0 Å². The van der Waals surface area contributed by atoms with Gasteiger partial charge in [-0.2, -0.15) is 0 Å². The monoisotopic (exact) mass is 381 g/mol. The molecule has 4 aromatic rings. The number of hydrogen-bond donors (Lipinski definition) is 0. The minimum atomic E-state index is -2.15. The maximum absolute atomic E-state index is 5.60. The van der Waals surface area contributed by atoms with Crippen LogP contribution in [0.15, 0.2) is 126 Å². The smallest absolute Gasteiger partial charge is 0.0717 e. The van der Waals surface area contributed by atoms with E-state index in [4.69, 9.17) is 4.74 Å². The van der Waals surface area contributed by atoms with Gasteiger partial charge in [0.2, 0.25) is 0 Å². The molecule has 28 heavy (non-hydrogen) atoms. The van der Waals surface area contributed by atoms with Gasteiger partial charge in [-0.1, -0.05) is 121 Å². The van der Waals surface area contributed by atoms with E-state index in [1.165, 1.54) is 21.5 Å². The van der Waals surface area contributed by atoms with Crippen molar-refractivity contribution in [2.75, 3.05) is 0 Å². The minimum Gasteiger partial charge on any atom is -0.282 e. The molecule has 0 unspecified atom stereocenters. The van der Waals surface area contributed by atoms with Crippen molar-refractivity contribution in [3.8, 4) is 0 Å².